The summed E-state index contributed by atoms with van der Waals surface area (Å²) >= 11 is 0. The van der Waals surface area contributed by atoms with Crippen LogP contribution in [0.5, 0.6) is 5.75 Å². The van der Waals surface area contributed by atoms with Crippen molar-refractivity contribution in [3.8, 4) is 5.75 Å². The molecule has 0 spiro atoms. The van der Waals surface area contributed by atoms with E-state index in [0.29, 0.717) is 19.7 Å². The van der Waals surface area contributed by atoms with Gasteiger partial charge in [-0.05, 0) is 44.3 Å². The van der Waals surface area contributed by atoms with Gasteiger partial charge in [-0.1, -0.05) is 32.0 Å². The summed E-state index contributed by atoms with van der Waals surface area (Å²) in [5.41, 5.74) is 7.03. The van der Waals surface area contributed by atoms with Crippen molar-refractivity contribution in [2.75, 3.05) is 32.8 Å². The Hall–Kier alpha value is -1.59. The number of amides is 1. The normalized spacial score (nSPS) is 22.3. The maximum atomic E-state index is 12.5. The standard InChI is InChI=1S/C19H31N3O2/c1-4-16(15-8-6-7-9-17(15)24-5-2)21-18(23)12-22-11-10-19(3,13-20)14-22/h6-9,16H,4-5,10-14,20H2,1-3H3,(H,21,23). The van der Waals surface area contributed by atoms with Gasteiger partial charge in [0.05, 0.1) is 19.2 Å². The molecule has 1 aliphatic heterocycles. The number of benzene rings is 1. The number of carbonyl (C=O) groups excluding carboxylic acids is 1. The lowest BCUT2D eigenvalue weighted by Crippen LogP contribution is -2.39. The minimum atomic E-state index is -0.0243. The van der Waals surface area contributed by atoms with Crippen LogP contribution in [0.4, 0.5) is 0 Å². The molecule has 5 nitrogen and oxygen atoms in total. The van der Waals surface area contributed by atoms with E-state index >= 15 is 0 Å². The largest absolute Gasteiger partial charge is 0.494 e. The van der Waals surface area contributed by atoms with Crippen molar-refractivity contribution in [3.05, 3.63) is 29.8 Å². The van der Waals surface area contributed by atoms with Gasteiger partial charge in [0.15, 0.2) is 0 Å². The first-order valence-corrected chi connectivity index (χ1v) is 8.95. The Bertz CT molecular complexity index is 549. The predicted molar refractivity (Wildman–Crippen MR) is 97.0 cm³/mol. The van der Waals surface area contributed by atoms with Gasteiger partial charge >= 0.3 is 0 Å². The third kappa shape index (κ3) is 4.71. The quantitative estimate of drug-likeness (QED) is 0.766. The molecule has 1 aromatic carbocycles. The molecule has 0 bridgehead atoms. The van der Waals surface area contributed by atoms with Crippen LogP contribution in [0, 0.1) is 5.41 Å². The number of ether oxygens (including phenoxy) is 1. The molecule has 3 N–H and O–H groups in total. The second-order valence-electron chi connectivity index (χ2n) is 6.97. The lowest BCUT2D eigenvalue weighted by molar-refractivity contribution is -0.122. The third-order valence-electron chi connectivity index (χ3n) is 4.83. The van der Waals surface area contributed by atoms with Gasteiger partial charge in [-0.25, -0.2) is 0 Å². The Balaban J connectivity index is 1.97. The number of nitrogens with one attached hydrogen (secondary N) is 1. The summed E-state index contributed by atoms with van der Waals surface area (Å²) in [5, 5.41) is 3.16. The minimum absolute atomic E-state index is 0.0243. The van der Waals surface area contributed by atoms with Crippen molar-refractivity contribution in [1.29, 1.82) is 0 Å². The highest BCUT2D eigenvalue weighted by Gasteiger charge is 2.33. The summed E-state index contributed by atoms with van der Waals surface area (Å²) in [5.74, 6) is 0.915. The Morgan fingerprint density at radius 2 is 2.17 bits per heavy atom. The Morgan fingerprint density at radius 1 is 1.42 bits per heavy atom. The van der Waals surface area contributed by atoms with Crippen molar-refractivity contribution >= 4 is 5.91 Å². The first kappa shape index (κ1) is 18.7. The molecule has 24 heavy (non-hydrogen) atoms. The first-order chi connectivity index (χ1) is 11.5. The van der Waals surface area contributed by atoms with Gasteiger partial charge in [0.2, 0.25) is 5.91 Å². The zero-order chi connectivity index (χ0) is 17.6. The SMILES string of the molecule is CCOc1ccccc1C(CC)NC(=O)CN1CCC(C)(CN)C1. The van der Waals surface area contributed by atoms with Crippen LogP contribution in [-0.4, -0.2) is 43.6 Å². The second-order valence-corrected chi connectivity index (χ2v) is 6.97. The van der Waals surface area contributed by atoms with Gasteiger partial charge in [0, 0.05) is 12.1 Å². The van der Waals surface area contributed by atoms with E-state index in [-0.39, 0.29) is 17.4 Å². The smallest absolute Gasteiger partial charge is 0.234 e. The average Bonchev–Trinajstić information content (AvgIpc) is 2.95. The molecule has 1 fully saturated rings. The number of para-hydroxylation sites is 1. The fourth-order valence-corrected chi connectivity index (χ4v) is 3.33. The number of hydrogen-bond acceptors (Lipinski definition) is 4. The van der Waals surface area contributed by atoms with Crippen LogP contribution in [0.2, 0.25) is 0 Å². The van der Waals surface area contributed by atoms with Crippen molar-refractivity contribution in [3.63, 3.8) is 0 Å². The maximum Gasteiger partial charge on any atom is 0.234 e. The highest BCUT2D eigenvalue weighted by molar-refractivity contribution is 5.78. The summed E-state index contributed by atoms with van der Waals surface area (Å²) < 4.78 is 5.70. The highest BCUT2D eigenvalue weighted by Crippen LogP contribution is 2.29. The number of nitrogens with zero attached hydrogens (tertiary/aromatic N) is 1. The summed E-state index contributed by atoms with van der Waals surface area (Å²) in [4.78, 5) is 14.7. The average molecular weight is 333 g/mol. The molecule has 2 rings (SSSR count). The Morgan fingerprint density at radius 3 is 2.79 bits per heavy atom. The molecule has 1 heterocycles. The van der Waals surface area contributed by atoms with Gasteiger partial charge in [-0.2, -0.15) is 0 Å². The topological polar surface area (TPSA) is 67.6 Å². The van der Waals surface area contributed by atoms with E-state index in [1.807, 2.05) is 31.2 Å². The molecule has 2 unspecified atom stereocenters. The number of hydrogen-bond donors (Lipinski definition) is 2. The Kier molecular flexibility index (Phi) is 6.63. The zero-order valence-electron chi connectivity index (χ0n) is 15.2. The van der Waals surface area contributed by atoms with Gasteiger partial charge in [-0.3, -0.25) is 9.69 Å². The summed E-state index contributed by atoms with van der Waals surface area (Å²) in [7, 11) is 0. The minimum Gasteiger partial charge on any atom is -0.494 e. The fraction of sp³-hybridized carbons (Fsp3) is 0.632. The van der Waals surface area contributed by atoms with E-state index in [0.717, 1.165) is 37.2 Å². The van der Waals surface area contributed by atoms with E-state index < -0.39 is 0 Å². The number of likely N-dealkylation sites (tertiary alicyclic amines) is 1. The van der Waals surface area contributed by atoms with Crippen molar-refractivity contribution in [2.45, 2.75) is 39.7 Å². The highest BCUT2D eigenvalue weighted by atomic mass is 16.5. The van der Waals surface area contributed by atoms with Crippen LogP contribution in [0.1, 0.15) is 45.2 Å². The first-order valence-electron chi connectivity index (χ1n) is 8.95. The van der Waals surface area contributed by atoms with Gasteiger partial charge in [0.1, 0.15) is 5.75 Å². The molecule has 134 valence electrons. The van der Waals surface area contributed by atoms with Crippen molar-refractivity contribution in [1.82, 2.24) is 10.2 Å². The van der Waals surface area contributed by atoms with Crippen molar-refractivity contribution in [2.24, 2.45) is 11.1 Å². The molecule has 1 amide bonds. The van der Waals surface area contributed by atoms with Gasteiger partial charge < -0.3 is 15.8 Å². The molecule has 2 atom stereocenters. The summed E-state index contributed by atoms with van der Waals surface area (Å²) in [6.07, 6.45) is 1.89. The molecule has 0 saturated carbocycles. The molecule has 0 radical (unpaired) electrons. The maximum absolute atomic E-state index is 12.5. The predicted octanol–water partition coefficient (Wildman–Crippen LogP) is 2.32. The molecular formula is C19H31N3O2. The van der Waals surface area contributed by atoms with E-state index in [2.05, 4.69) is 24.1 Å². The second kappa shape index (κ2) is 8.49. The van der Waals surface area contributed by atoms with E-state index in [4.69, 9.17) is 10.5 Å². The van der Waals surface area contributed by atoms with Crippen LogP contribution in [0.3, 0.4) is 0 Å². The molecule has 0 aromatic heterocycles. The molecule has 1 aliphatic rings. The van der Waals surface area contributed by atoms with E-state index in [9.17, 15) is 4.79 Å². The van der Waals surface area contributed by atoms with Gasteiger partial charge in [0.25, 0.3) is 0 Å². The van der Waals surface area contributed by atoms with Crippen LogP contribution < -0.4 is 15.8 Å². The summed E-state index contributed by atoms with van der Waals surface area (Å²) in [6, 6.07) is 7.91. The van der Waals surface area contributed by atoms with Crippen LogP contribution in [0.15, 0.2) is 24.3 Å². The zero-order valence-corrected chi connectivity index (χ0v) is 15.2. The molecule has 5 heteroatoms. The van der Waals surface area contributed by atoms with Crippen LogP contribution in [0.25, 0.3) is 0 Å². The lowest BCUT2D eigenvalue weighted by Gasteiger charge is -2.24. The molecular weight excluding hydrogens is 302 g/mol. The van der Waals surface area contributed by atoms with E-state index in [1.54, 1.807) is 0 Å². The monoisotopic (exact) mass is 333 g/mol. The number of carbonyl (C=O) groups is 1. The van der Waals surface area contributed by atoms with Crippen LogP contribution in [-0.2, 0) is 4.79 Å². The molecule has 1 saturated heterocycles. The van der Waals surface area contributed by atoms with Crippen molar-refractivity contribution < 1.29 is 9.53 Å². The van der Waals surface area contributed by atoms with Crippen LogP contribution >= 0.6 is 0 Å². The Labute approximate surface area is 145 Å². The molecule has 1 aromatic rings. The summed E-state index contributed by atoms with van der Waals surface area (Å²) in [6.45, 7) is 9.79. The number of rotatable bonds is 8. The molecule has 0 aliphatic carbocycles. The lowest BCUT2D eigenvalue weighted by atomic mass is 9.90. The van der Waals surface area contributed by atoms with Gasteiger partial charge in [-0.15, -0.1) is 0 Å². The third-order valence-corrected chi connectivity index (χ3v) is 4.83. The van der Waals surface area contributed by atoms with E-state index in [1.165, 1.54) is 0 Å². The fourth-order valence-electron chi connectivity index (χ4n) is 3.33. The number of nitrogens with two attached hydrogens (primary N) is 1.